The minimum atomic E-state index is -3.64. The number of hydrogen-bond donors (Lipinski definition) is 3. The SMILES string of the molecule is O=C(Nc1ccc(NS(=O)(=O)CCO)cc1N1CCC2(CC1)CC2)c1csc(N2CCCC2)n1. The summed E-state index contributed by atoms with van der Waals surface area (Å²) in [4.78, 5) is 22.0. The monoisotopic (exact) mass is 505 g/mol. The first-order chi connectivity index (χ1) is 16.4. The van der Waals surface area contributed by atoms with Crippen molar-refractivity contribution in [1.82, 2.24) is 4.98 Å². The Bertz CT molecular complexity index is 1150. The Labute approximate surface area is 204 Å². The van der Waals surface area contributed by atoms with Crippen molar-refractivity contribution in [2.75, 3.05) is 58.4 Å². The molecule has 0 unspecified atom stereocenters. The van der Waals surface area contributed by atoms with E-state index in [9.17, 15) is 13.2 Å². The molecule has 11 heteroatoms. The third-order valence-corrected chi connectivity index (χ3v) is 9.27. The number of hydrogen-bond acceptors (Lipinski definition) is 8. The van der Waals surface area contributed by atoms with Crippen LogP contribution in [0.4, 0.5) is 22.2 Å². The molecule has 0 radical (unpaired) electrons. The van der Waals surface area contributed by atoms with E-state index in [0.29, 0.717) is 22.5 Å². The Morgan fingerprint density at radius 3 is 2.50 bits per heavy atom. The molecule has 184 valence electrons. The summed E-state index contributed by atoms with van der Waals surface area (Å²) in [6.45, 7) is 3.24. The lowest BCUT2D eigenvalue weighted by molar-refractivity contribution is 0.102. The number of aliphatic hydroxyl groups excluding tert-OH is 1. The molecule has 1 spiro atoms. The van der Waals surface area contributed by atoms with Gasteiger partial charge < -0.3 is 20.2 Å². The number of aromatic nitrogens is 1. The minimum Gasteiger partial charge on any atom is -0.395 e. The number of piperidine rings is 1. The lowest BCUT2D eigenvalue weighted by Gasteiger charge is -2.35. The lowest BCUT2D eigenvalue weighted by Crippen LogP contribution is -2.35. The molecule has 3 N–H and O–H groups in total. The average Bonchev–Trinajstić information content (AvgIpc) is 3.22. The van der Waals surface area contributed by atoms with Crippen molar-refractivity contribution in [3.63, 3.8) is 0 Å². The van der Waals surface area contributed by atoms with Crippen LogP contribution in [0.1, 0.15) is 49.0 Å². The molecule has 1 amide bonds. The van der Waals surface area contributed by atoms with Gasteiger partial charge in [0.1, 0.15) is 5.69 Å². The van der Waals surface area contributed by atoms with Crippen molar-refractivity contribution < 1.29 is 18.3 Å². The predicted molar refractivity (Wildman–Crippen MR) is 136 cm³/mol. The quantitative estimate of drug-likeness (QED) is 0.505. The number of aliphatic hydroxyl groups is 1. The maximum atomic E-state index is 13.0. The molecule has 1 aliphatic carbocycles. The zero-order chi connectivity index (χ0) is 23.8. The maximum absolute atomic E-state index is 13.0. The number of carbonyl (C=O) groups excluding carboxylic acids is 1. The van der Waals surface area contributed by atoms with Crippen LogP contribution < -0.4 is 19.8 Å². The van der Waals surface area contributed by atoms with Gasteiger partial charge in [-0.15, -0.1) is 11.3 Å². The molecule has 2 saturated heterocycles. The number of anilines is 4. The van der Waals surface area contributed by atoms with Crippen LogP contribution >= 0.6 is 11.3 Å². The highest BCUT2D eigenvalue weighted by molar-refractivity contribution is 7.92. The number of sulfonamides is 1. The number of nitrogens with zero attached hydrogens (tertiary/aromatic N) is 3. The molecule has 3 heterocycles. The highest BCUT2D eigenvalue weighted by Gasteiger charge is 2.44. The van der Waals surface area contributed by atoms with Gasteiger partial charge in [0.15, 0.2) is 5.13 Å². The predicted octanol–water partition coefficient (Wildman–Crippen LogP) is 3.11. The molecule has 1 saturated carbocycles. The van der Waals surface area contributed by atoms with Crippen molar-refractivity contribution in [2.45, 2.75) is 38.5 Å². The van der Waals surface area contributed by atoms with E-state index >= 15 is 0 Å². The van der Waals surface area contributed by atoms with E-state index in [1.807, 2.05) is 0 Å². The molecule has 0 bridgehead atoms. The molecule has 0 atom stereocenters. The Morgan fingerprint density at radius 1 is 1.09 bits per heavy atom. The van der Waals surface area contributed by atoms with E-state index < -0.39 is 16.6 Å². The van der Waals surface area contributed by atoms with Crippen LogP contribution in [-0.2, 0) is 10.0 Å². The third-order valence-electron chi connectivity index (χ3n) is 7.10. The summed E-state index contributed by atoms with van der Waals surface area (Å²) in [6, 6.07) is 5.14. The van der Waals surface area contributed by atoms with E-state index in [-0.39, 0.29) is 11.7 Å². The fourth-order valence-corrected chi connectivity index (χ4v) is 6.51. The molecule has 3 fully saturated rings. The first-order valence-corrected chi connectivity index (χ1v) is 14.4. The summed E-state index contributed by atoms with van der Waals surface area (Å²) in [5.41, 5.74) is 2.73. The van der Waals surface area contributed by atoms with Crippen molar-refractivity contribution in [3.8, 4) is 0 Å². The van der Waals surface area contributed by atoms with Gasteiger partial charge in [-0.1, -0.05) is 0 Å². The molecule has 1 aromatic heterocycles. The highest BCUT2D eigenvalue weighted by Crippen LogP contribution is 2.54. The van der Waals surface area contributed by atoms with Gasteiger partial charge in [-0.05, 0) is 62.1 Å². The van der Waals surface area contributed by atoms with Gasteiger partial charge in [-0.2, -0.15) is 0 Å². The van der Waals surface area contributed by atoms with Crippen LogP contribution in [0, 0.1) is 5.41 Å². The number of amides is 1. The van der Waals surface area contributed by atoms with Gasteiger partial charge >= 0.3 is 0 Å². The Kier molecular flexibility index (Phi) is 6.43. The third kappa shape index (κ3) is 5.16. The smallest absolute Gasteiger partial charge is 0.275 e. The number of carbonyl (C=O) groups is 1. The van der Waals surface area contributed by atoms with E-state index in [1.54, 1.807) is 23.6 Å². The molecule has 34 heavy (non-hydrogen) atoms. The van der Waals surface area contributed by atoms with E-state index in [1.165, 1.54) is 24.2 Å². The van der Waals surface area contributed by atoms with Crippen LogP contribution in [0.3, 0.4) is 0 Å². The molecular weight excluding hydrogens is 474 g/mol. The normalized spacial score (nSPS) is 19.4. The summed E-state index contributed by atoms with van der Waals surface area (Å²) in [6.07, 6.45) is 7.08. The number of nitrogens with one attached hydrogen (secondary N) is 2. The summed E-state index contributed by atoms with van der Waals surface area (Å²) < 4.78 is 26.9. The molecular formula is C23H31N5O4S2. The van der Waals surface area contributed by atoms with Crippen molar-refractivity contribution in [1.29, 1.82) is 0 Å². The molecule has 2 aromatic rings. The first kappa shape index (κ1) is 23.4. The van der Waals surface area contributed by atoms with E-state index in [4.69, 9.17) is 5.11 Å². The van der Waals surface area contributed by atoms with E-state index in [2.05, 4.69) is 24.8 Å². The minimum absolute atomic E-state index is 0.271. The second-order valence-corrected chi connectivity index (χ2v) is 12.2. The fraction of sp³-hybridized carbons (Fsp3) is 0.565. The van der Waals surface area contributed by atoms with Crippen LogP contribution in [-0.4, -0.2) is 63.0 Å². The molecule has 9 nitrogen and oxygen atoms in total. The Balaban J connectivity index is 1.37. The van der Waals surface area contributed by atoms with Crippen LogP contribution in [0.25, 0.3) is 0 Å². The second kappa shape index (κ2) is 9.35. The van der Waals surface area contributed by atoms with Crippen LogP contribution in [0.2, 0.25) is 0 Å². The fourth-order valence-electron chi connectivity index (χ4n) is 4.82. The molecule has 2 aliphatic heterocycles. The summed E-state index contributed by atoms with van der Waals surface area (Å²) in [5.74, 6) is -0.636. The zero-order valence-electron chi connectivity index (χ0n) is 19.1. The van der Waals surface area contributed by atoms with Gasteiger partial charge in [-0.3, -0.25) is 9.52 Å². The van der Waals surface area contributed by atoms with Crippen molar-refractivity contribution in [3.05, 3.63) is 29.3 Å². The first-order valence-electron chi connectivity index (χ1n) is 11.9. The number of benzene rings is 1. The van der Waals surface area contributed by atoms with Gasteiger partial charge in [0.05, 0.1) is 29.4 Å². The Hall–Kier alpha value is -2.37. The second-order valence-electron chi connectivity index (χ2n) is 9.53. The van der Waals surface area contributed by atoms with Gasteiger partial charge in [-0.25, -0.2) is 13.4 Å². The largest absolute Gasteiger partial charge is 0.395 e. The van der Waals surface area contributed by atoms with Gasteiger partial charge in [0.2, 0.25) is 10.0 Å². The highest BCUT2D eigenvalue weighted by atomic mass is 32.2. The lowest BCUT2D eigenvalue weighted by atomic mass is 9.93. The van der Waals surface area contributed by atoms with Crippen molar-refractivity contribution in [2.24, 2.45) is 5.41 Å². The Morgan fingerprint density at radius 2 is 1.82 bits per heavy atom. The summed E-state index contributed by atoms with van der Waals surface area (Å²) >= 11 is 1.48. The molecule has 5 rings (SSSR count). The van der Waals surface area contributed by atoms with Crippen molar-refractivity contribution >= 4 is 49.5 Å². The standard InChI is InChI=1S/C23H31N5O4S2/c29-13-14-34(31,32)26-17-3-4-18(20(15-17)27-11-7-23(5-6-23)8-12-27)24-21(30)19-16-33-22(25-19)28-9-1-2-10-28/h3-4,15-16,26,29H,1-2,5-14H2,(H,24,30). The van der Waals surface area contributed by atoms with Crippen LogP contribution in [0.15, 0.2) is 23.6 Å². The van der Waals surface area contributed by atoms with E-state index in [0.717, 1.165) is 62.7 Å². The summed E-state index contributed by atoms with van der Waals surface area (Å²) in [7, 11) is -3.64. The average molecular weight is 506 g/mol. The molecule has 3 aliphatic rings. The number of thiazole rings is 1. The molecule has 1 aromatic carbocycles. The topological polar surface area (TPSA) is 115 Å². The van der Waals surface area contributed by atoms with Crippen LogP contribution in [0.5, 0.6) is 0 Å². The number of rotatable bonds is 8. The van der Waals surface area contributed by atoms with Gasteiger partial charge in [0.25, 0.3) is 5.91 Å². The van der Waals surface area contributed by atoms with Gasteiger partial charge in [0, 0.05) is 31.6 Å². The maximum Gasteiger partial charge on any atom is 0.275 e. The zero-order valence-corrected chi connectivity index (χ0v) is 20.8. The summed E-state index contributed by atoms with van der Waals surface area (Å²) in [5, 5.41) is 14.7.